The summed E-state index contributed by atoms with van der Waals surface area (Å²) >= 11 is 0. The van der Waals surface area contributed by atoms with E-state index in [2.05, 4.69) is 20.0 Å². The van der Waals surface area contributed by atoms with Gasteiger partial charge in [0.25, 0.3) is 0 Å². The maximum atomic E-state index is 5.36. The highest BCUT2D eigenvalue weighted by Gasteiger charge is 2.15. The van der Waals surface area contributed by atoms with Gasteiger partial charge in [-0.25, -0.2) is 0 Å². The summed E-state index contributed by atoms with van der Waals surface area (Å²) in [5, 5.41) is 7.90. The number of fused-ring (bicyclic) bond motifs is 1. The molecule has 5 heteroatoms. The predicted octanol–water partition coefficient (Wildman–Crippen LogP) is 0.251. The highest BCUT2D eigenvalue weighted by atomic mass is 16.5. The van der Waals surface area contributed by atoms with Crippen LogP contribution in [0.5, 0.6) is 0 Å². The minimum atomic E-state index is 0.892. The van der Waals surface area contributed by atoms with Crippen molar-refractivity contribution in [3.63, 3.8) is 0 Å². The van der Waals surface area contributed by atoms with Gasteiger partial charge in [-0.05, 0) is 6.42 Å². The largest absolute Gasteiger partial charge is 0.379 e. The molecular formula is C13H22N4O. The van der Waals surface area contributed by atoms with Gasteiger partial charge in [0.2, 0.25) is 0 Å². The summed E-state index contributed by atoms with van der Waals surface area (Å²) in [6.45, 7) is 8.23. The quantitative estimate of drug-likeness (QED) is 0.832. The summed E-state index contributed by atoms with van der Waals surface area (Å²) < 4.78 is 7.57. The third kappa shape index (κ3) is 2.74. The summed E-state index contributed by atoms with van der Waals surface area (Å²) in [5.74, 6) is 0. The molecule has 0 saturated carbocycles. The molecule has 0 atom stereocenters. The van der Waals surface area contributed by atoms with E-state index in [1.165, 1.54) is 17.7 Å². The molecule has 3 rings (SSSR count). The first kappa shape index (κ1) is 12.1. The van der Waals surface area contributed by atoms with Crippen LogP contribution in [-0.2, 0) is 24.2 Å². The highest BCUT2D eigenvalue weighted by Crippen LogP contribution is 2.13. The Labute approximate surface area is 108 Å². The van der Waals surface area contributed by atoms with Crippen LogP contribution in [0.15, 0.2) is 6.20 Å². The van der Waals surface area contributed by atoms with Gasteiger partial charge in [-0.15, -0.1) is 0 Å². The molecule has 0 bridgehead atoms. The number of aryl methyl sites for hydroxylation is 1. The molecule has 3 heterocycles. The first-order valence-electron chi connectivity index (χ1n) is 6.98. The fraction of sp³-hybridized carbons (Fsp3) is 0.769. The van der Waals surface area contributed by atoms with Gasteiger partial charge in [-0.3, -0.25) is 9.58 Å². The second kappa shape index (κ2) is 5.82. The van der Waals surface area contributed by atoms with Crippen molar-refractivity contribution in [2.75, 3.05) is 39.4 Å². The lowest BCUT2D eigenvalue weighted by molar-refractivity contribution is 0.0368. The number of hydrogen-bond donors (Lipinski definition) is 1. The summed E-state index contributed by atoms with van der Waals surface area (Å²) in [5.41, 5.74) is 2.82. The minimum Gasteiger partial charge on any atom is -0.379 e. The molecule has 1 fully saturated rings. The van der Waals surface area contributed by atoms with Gasteiger partial charge in [0.15, 0.2) is 0 Å². The fourth-order valence-corrected chi connectivity index (χ4v) is 2.78. The Morgan fingerprint density at radius 3 is 3.06 bits per heavy atom. The molecule has 1 saturated heterocycles. The highest BCUT2D eigenvalue weighted by molar-refractivity contribution is 5.20. The first-order chi connectivity index (χ1) is 8.93. The SMILES string of the molecule is c1nn(CCCN2CCOCC2)c2c1CNCC2. The zero-order valence-corrected chi connectivity index (χ0v) is 10.9. The maximum Gasteiger partial charge on any atom is 0.0594 e. The molecule has 100 valence electrons. The Kier molecular flexibility index (Phi) is 3.93. The van der Waals surface area contributed by atoms with E-state index in [9.17, 15) is 0 Å². The van der Waals surface area contributed by atoms with Crippen molar-refractivity contribution >= 4 is 0 Å². The summed E-state index contributed by atoms with van der Waals surface area (Å²) in [6, 6.07) is 0. The Morgan fingerprint density at radius 2 is 2.17 bits per heavy atom. The normalized spacial score (nSPS) is 20.9. The number of rotatable bonds is 4. The molecule has 2 aliphatic rings. The van der Waals surface area contributed by atoms with Crippen molar-refractivity contribution in [3.8, 4) is 0 Å². The van der Waals surface area contributed by atoms with Crippen molar-refractivity contribution in [2.45, 2.75) is 25.9 Å². The van der Waals surface area contributed by atoms with Gasteiger partial charge < -0.3 is 10.1 Å². The van der Waals surface area contributed by atoms with Crippen molar-refractivity contribution in [2.24, 2.45) is 0 Å². The Balaban J connectivity index is 1.49. The number of nitrogens with zero attached hydrogens (tertiary/aromatic N) is 3. The van der Waals surface area contributed by atoms with Gasteiger partial charge >= 0.3 is 0 Å². The van der Waals surface area contributed by atoms with Crippen LogP contribution in [0.4, 0.5) is 0 Å². The van der Waals surface area contributed by atoms with Crippen LogP contribution >= 0.6 is 0 Å². The van der Waals surface area contributed by atoms with Gasteiger partial charge in [0.1, 0.15) is 0 Å². The van der Waals surface area contributed by atoms with Crippen molar-refractivity contribution < 1.29 is 4.74 Å². The lowest BCUT2D eigenvalue weighted by Gasteiger charge is -2.26. The number of aromatic nitrogens is 2. The first-order valence-corrected chi connectivity index (χ1v) is 6.98. The fourth-order valence-electron chi connectivity index (χ4n) is 2.78. The lowest BCUT2D eigenvalue weighted by atomic mass is 10.1. The third-order valence-electron chi connectivity index (χ3n) is 3.84. The van der Waals surface area contributed by atoms with E-state index in [0.29, 0.717) is 0 Å². The van der Waals surface area contributed by atoms with Gasteiger partial charge in [0.05, 0.1) is 19.4 Å². The van der Waals surface area contributed by atoms with Gasteiger partial charge in [-0.2, -0.15) is 5.10 Å². The predicted molar refractivity (Wildman–Crippen MR) is 69.5 cm³/mol. The monoisotopic (exact) mass is 250 g/mol. The van der Waals surface area contributed by atoms with E-state index >= 15 is 0 Å². The Hall–Kier alpha value is -0.910. The zero-order chi connectivity index (χ0) is 12.2. The Morgan fingerprint density at radius 1 is 1.28 bits per heavy atom. The van der Waals surface area contributed by atoms with Crippen molar-refractivity contribution in [3.05, 3.63) is 17.5 Å². The number of hydrogen-bond acceptors (Lipinski definition) is 4. The third-order valence-corrected chi connectivity index (χ3v) is 3.84. The maximum absolute atomic E-state index is 5.36. The molecule has 0 aromatic carbocycles. The van der Waals surface area contributed by atoms with E-state index in [4.69, 9.17) is 4.74 Å². The second-order valence-electron chi connectivity index (χ2n) is 5.07. The molecular weight excluding hydrogens is 228 g/mol. The van der Waals surface area contributed by atoms with E-state index in [1.54, 1.807) is 0 Å². The zero-order valence-electron chi connectivity index (χ0n) is 10.9. The summed E-state index contributed by atoms with van der Waals surface area (Å²) in [6.07, 6.45) is 4.32. The van der Waals surface area contributed by atoms with E-state index in [1.807, 2.05) is 6.20 Å². The van der Waals surface area contributed by atoms with Crippen LogP contribution in [0, 0.1) is 0 Å². The lowest BCUT2D eigenvalue weighted by Crippen LogP contribution is -2.37. The van der Waals surface area contributed by atoms with Crippen LogP contribution in [0.2, 0.25) is 0 Å². The molecule has 18 heavy (non-hydrogen) atoms. The molecule has 0 radical (unpaired) electrons. The van der Waals surface area contributed by atoms with Crippen LogP contribution in [0.25, 0.3) is 0 Å². The van der Waals surface area contributed by atoms with Gasteiger partial charge in [-0.1, -0.05) is 0 Å². The van der Waals surface area contributed by atoms with Crippen LogP contribution < -0.4 is 5.32 Å². The average Bonchev–Trinajstić information content (AvgIpc) is 2.84. The molecule has 1 aromatic heterocycles. The van der Waals surface area contributed by atoms with Gasteiger partial charge in [0, 0.05) is 56.9 Å². The molecule has 0 unspecified atom stereocenters. The molecule has 1 N–H and O–H groups in total. The average molecular weight is 250 g/mol. The Bertz CT molecular complexity index is 384. The van der Waals surface area contributed by atoms with E-state index in [-0.39, 0.29) is 0 Å². The topological polar surface area (TPSA) is 42.3 Å². The minimum absolute atomic E-state index is 0.892. The molecule has 0 amide bonds. The smallest absolute Gasteiger partial charge is 0.0594 e. The molecule has 1 aromatic rings. The van der Waals surface area contributed by atoms with Crippen molar-refractivity contribution in [1.29, 1.82) is 0 Å². The number of nitrogens with one attached hydrogen (secondary N) is 1. The van der Waals surface area contributed by atoms with E-state index < -0.39 is 0 Å². The van der Waals surface area contributed by atoms with Crippen molar-refractivity contribution in [1.82, 2.24) is 20.0 Å². The molecule has 2 aliphatic heterocycles. The number of morpholine rings is 1. The van der Waals surface area contributed by atoms with Crippen LogP contribution in [-0.4, -0.2) is 54.1 Å². The van der Waals surface area contributed by atoms with Crippen LogP contribution in [0.3, 0.4) is 0 Å². The summed E-state index contributed by atoms with van der Waals surface area (Å²) in [4.78, 5) is 2.49. The molecule has 0 spiro atoms. The standard InChI is InChI=1S/C13H22N4O/c1(4-16-6-8-18-9-7-16)5-17-13-2-3-14-10-12(13)11-15-17/h11,14H,1-10H2. The van der Waals surface area contributed by atoms with E-state index in [0.717, 1.165) is 58.9 Å². The molecule has 5 nitrogen and oxygen atoms in total. The van der Waals surface area contributed by atoms with Crippen LogP contribution in [0.1, 0.15) is 17.7 Å². The number of ether oxygens (including phenoxy) is 1. The second-order valence-corrected chi connectivity index (χ2v) is 5.07. The summed E-state index contributed by atoms with van der Waals surface area (Å²) in [7, 11) is 0. The molecule has 0 aliphatic carbocycles.